The van der Waals surface area contributed by atoms with Crippen LogP contribution in [0, 0.1) is 11.3 Å². The predicted molar refractivity (Wildman–Crippen MR) is 67.0 cm³/mol. The number of amides is 1. The molecule has 0 unspecified atom stereocenters. The molecule has 0 aliphatic rings. The van der Waals surface area contributed by atoms with E-state index in [2.05, 4.69) is 0 Å². The molecule has 0 saturated carbocycles. The Balaban J connectivity index is 2.40. The van der Waals surface area contributed by atoms with E-state index in [0.29, 0.717) is 31.5 Å². The first kappa shape index (κ1) is 13.0. The summed E-state index contributed by atoms with van der Waals surface area (Å²) in [6.07, 6.45) is 1.51. The van der Waals surface area contributed by atoms with Crippen molar-refractivity contribution in [1.29, 1.82) is 5.26 Å². The molecule has 17 heavy (non-hydrogen) atoms. The predicted octanol–water partition coefficient (Wildman–Crippen LogP) is 1.57. The first-order chi connectivity index (χ1) is 8.13. The van der Waals surface area contributed by atoms with Crippen LogP contribution in [0.1, 0.15) is 18.4 Å². The monoisotopic (exact) mass is 231 g/mol. The van der Waals surface area contributed by atoms with Crippen molar-refractivity contribution in [2.24, 2.45) is 0 Å². The Labute approximate surface area is 102 Å². The molecule has 0 bridgehead atoms. The standard InChI is InChI=1S/C13H17N3O/c1-16(9-3-8-14)13(17)7-6-11-4-2-5-12(15)10-11/h2,4-5,10H,3,6-7,9,15H2,1H3. The highest BCUT2D eigenvalue weighted by Gasteiger charge is 2.08. The summed E-state index contributed by atoms with van der Waals surface area (Å²) in [4.78, 5) is 13.3. The number of nitriles is 1. The molecule has 0 saturated heterocycles. The molecule has 0 heterocycles. The highest BCUT2D eigenvalue weighted by atomic mass is 16.2. The second kappa shape index (κ2) is 6.54. The van der Waals surface area contributed by atoms with E-state index < -0.39 is 0 Å². The Morgan fingerprint density at radius 2 is 2.29 bits per heavy atom. The number of aryl methyl sites for hydroxylation is 1. The third-order valence-electron chi connectivity index (χ3n) is 2.56. The topological polar surface area (TPSA) is 70.1 Å². The molecule has 90 valence electrons. The van der Waals surface area contributed by atoms with Crippen LogP contribution in [0.5, 0.6) is 0 Å². The van der Waals surface area contributed by atoms with E-state index >= 15 is 0 Å². The van der Waals surface area contributed by atoms with Gasteiger partial charge in [-0.25, -0.2) is 0 Å². The van der Waals surface area contributed by atoms with Crippen molar-refractivity contribution in [3.8, 4) is 6.07 Å². The number of hydrogen-bond acceptors (Lipinski definition) is 3. The van der Waals surface area contributed by atoms with Gasteiger partial charge in [-0.05, 0) is 24.1 Å². The van der Waals surface area contributed by atoms with Crippen LogP contribution >= 0.6 is 0 Å². The second-order valence-electron chi connectivity index (χ2n) is 3.97. The number of benzene rings is 1. The molecule has 1 rings (SSSR count). The van der Waals surface area contributed by atoms with Gasteiger partial charge in [-0.1, -0.05) is 12.1 Å². The number of anilines is 1. The first-order valence-corrected chi connectivity index (χ1v) is 5.59. The van der Waals surface area contributed by atoms with Crippen molar-refractivity contribution in [3.05, 3.63) is 29.8 Å². The summed E-state index contributed by atoms with van der Waals surface area (Å²) in [6, 6.07) is 9.57. The van der Waals surface area contributed by atoms with Crippen molar-refractivity contribution >= 4 is 11.6 Å². The second-order valence-corrected chi connectivity index (χ2v) is 3.97. The Morgan fingerprint density at radius 1 is 1.53 bits per heavy atom. The van der Waals surface area contributed by atoms with Gasteiger partial charge in [0.05, 0.1) is 12.5 Å². The van der Waals surface area contributed by atoms with Gasteiger partial charge in [0.2, 0.25) is 5.91 Å². The summed E-state index contributed by atoms with van der Waals surface area (Å²) in [5.74, 6) is 0.0580. The lowest BCUT2D eigenvalue weighted by atomic mass is 10.1. The maximum absolute atomic E-state index is 11.7. The number of hydrogen-bond donors (Lipinski definition) is 1. The lowest BCUT2D eigenvalue weighted by molar-refractivity contribution is -0.129. The summed E-state index contributed by atoms with van der Waals surface area (Å²) in [5.41, 5.74) is 7.44. The molecule has 1 amide bonds. The zero-order valence-corrected chi connectivity index (χ0v) is 10.0. The largest absolute Gasteiger partial charge is 0.399 e. The number of carbonyl (C=O) groups is 1. The lowest BCUT2D eigenvalue weighted by Gasteiger charge is -2.15. The molecule has 0 aromatic heterocycles. The Kier molecular flexibility index (Phi) is 5.02. The number of nitrogens with two attached hydrogens (primary N) is 1. The van der Waals surface area contributed by atoms with Crippen molar-refractivity contribution in [2.45, 2.75) is 19.3 Å². The maximum atomic E-state index is 11.7. The van der Waals surface area contributed by atoms with Crippen LogP contribution in [0.3, 0.4) is 0 Å². The number of nitrogen functional groups attached to an aromatic ring is 1. The Hall–Kier alpha value is -2.02. The van der Waals surface area contributed by atoms with E-state index in [-0.39, 0.29) is 5.91 Å². The molecule has 0 spiro atoms. The van der Waals surface area contributed by atoms with Crippen molar-refractivity contribution < 1.29 is 4.79 Å². The van der Waals surface area contributed by atoms with E-state index in [0.717, 1.165) is 5.56 Å². The molecule has 1 aromatic rings. The molecule has 2 N–H and O–H groups in total. The maximum Gasteiger partial charge on any atom is 0.222 e. The van der Waals surface area contributed by atoms with E-state index in [4.69, 9.17) is 11.0 Å². The summed E-state index contributed by atoms with van der Waals surface area (Å²) >= 11 is 0. The summed E-state index contributed by atoms with van der Waals surface area (Å²) in [6.45, 7) is 0.492. The van der Waals surface area contributed by atoms with Crippen LogP contribution in [0.4, 0.5) is 5.69 Å². The fraction of sp³-hybridized carbons (Fsp3) is 0.385. The number of carbonyl (C=O) groups excluding carboxylic acids is 1. The van der Waals surface area contributed by atoms with Crippen LogP contribution in [0.15, 0.2) is 24.3 Å². The molecule has 1 aromatic carbocycles. The average molecular weight is 231 g/mol. The molecular weight excluding hydrogens is 214 g/mol. The molecule has 4 nitrogen and oxygen atoms in total. The van der Waals surface area contributed by atoms with E-state index in [9.17, 15) is 4.79 Å². The third kappa shape index (κ3) is 4.56. The molecule has 0 atom stereocenters. The number of nitrogens with zero attached hydrogens (tertiary/aromatic N) is 2. The van der Waals surface area contributed by atoms with Crippen LogP contribution in [-0.4, -0.2) is 24.4 Å². The zero-order valence-electron chi connectivity index (χ0n) is 10.0. The molecule has 0 aliphatic carbocycles. The van der Waals surface area contributed by atoms with E-state index in [1.54, 1.807) is 11.9 Å². The van der Waals surface area contributed by atoms with Crippen LogP contribution < -0.4 is 5.73 Å². The lowest BCUT2D eigenvalue weighted by Crippen LogP contribution is -2.27. The minimum Gasteiger partial charge on any atom is -0.399 e. The van der Waals surface area contributed by atoms with Gasteiger partial charge in [0, 0.05) is 25.7 Å². The van der Waals surface area contributed by atoms with Gasteiger partial charge >= 0.3 is 0 Å². The van der Waals surface area contributed by atoms with Crippen molar-refractivity contribution in [1.82, 2.24) is 4.90 Å². The smallest absolute Gasteiger partial charge is 0.222 e. The SMILES string of the molecule is CN(CCC#N)C(=O)CCc1cccc(N)c1. The van der Waals surface area contributed by atoms with E-state index in [1.165, 1.54) is 0 Å². The third-order valence-corrected chi connectivity index (χ3v) is 2.56. The highest BCUT2D eigenvalue weighted by molar-refractivity contribution is 5.76. The zero-order chi connectivity index (χ0) is 12.7. The van der Waals surface area contributed by atoms with Crippen LogP contribution in [-0.2, 0) is 11.2 Å². The summed E-state index contributed by atoms with van der Waals surface area (Å²) < 4.78 is 0. The van der Waals surface area contributed by atoms with Crippen molar-refractivity contribution in [2.75, 3.05) is 19.3 Å². The molecular formula is C13H17N3O. The van der Waals surface area contributed by atoms with E-state index in [1.807, 2.05) is 30.3 Å². The number of rotatable bonds is 5. The van der Waals surface area contributed by atoms with Crippen LogP contribution in [0.25, 0.3) is 0 Å². The Morgan fingerprint density at radius 3 is 2.94 bits per heavy atom. The molecule has 4 heteroatoms. The quantitative estimate of drug-likeness (QED) is 0.782. The van der Waals surface area contributed by atoms with Gasteiger partial charge in [0.1, 0.15) is 0 Å². The summed E-state index contributed by atoms with van der Waals surface area (Å²) in [7, 11) is 1.72. The van der Waals surface area contributed by atoms with Gasteiger partial charge in [0.25, 0.3) is 0 Å². The summed E-state index contributed by atoms with van der Waals surface area (Å²) in [5, 5.41) is 8.43. The molecule has 0 aliphatic heterocycles. The van der Waals surface area contributed by atoms with Gasteiger partial charge in [-0.15, -0.1) is 0 Å². The first-order valence-electron chi connectivity index (χ1n) is 5.59. The van der Waals surface area contributed by atoms with Crippen molar-refractivity contribution in [3.63, 3.8) is 0 Å². The molecule has 0 radical (unpaired) electrons. The Bertz CT molecular complexity index is 423. The molecule has 0 fully saturated rings. The minimum absolute atomic E-state index is 0.0580. The fourth-order valence-electron chi connectivity index (χ4n) is 1.53. The van der Waals surface area contributed by atoms with Gasteiger partial charge in [-0.2, -0.15) is 5.26 Å². The van der Waals surface area contributed by atoms with Crippen LogP contribution in [0.2, 0.25) is 0 Å². The van der Waals surface area contributed by atoms with Gasteiger partial charge in [0.15, 0.2) is 0 Å². The normalized spacial score (nSPS) is 9.65. The van der Waals surface area contributed by atoms with Gasteiger partial charge in [-0.3, -0.25) is 4.79 Å². The highest BCUT2D eigenvalue weighted by Crippen LogP contribution is 2.09. The van der Waals surface area contributed by atoms with Gasteiger partial charge < -0.3 is 10.6 Å². The average Bonchev–Trinajstić information content (AvgIpc) is 2.33. The fourth-order valence-corrected chi connectivity index (χ4v) is 1.53. The minimum atomic E-state index is 0.0580.